The van der Waals surface area contributed by atoms with Gasteiger partial charge in [-0.25, -0.2) is 9.37 Å². The zero-order valence-corrected chi connectivity index (χ0v) is 12.6. The number of aromatic nitrogens is 2. The molecular weight excluding hydrogens is 299 g/mol. The number of aliphatic hydroxyl groups excluding tert-OH is 1. The Kier molecular flexibility index (Phi) is 4.57. The number of nitrogens with zero attached hydrogens (tertiary/aromatic N) is 2. The summed E-state index contributed by atoms with van der Waals surface area (Å²) in [4.78, 5) is 8.14. The molecule has 0 atom stereocenters. The number of ether oxygens (including phenoxy) is 1. The number of hydrogen-bond acceptors (Lipinski definition) is 6. The van der Waals surface area contributed by atoms with Crippen molar-refractivity contribution < 1.29 is 14.2 Å². The van der Waals surface area contributed by atoms with Crippen LogP contribution in [-0.2, 0) is 0 Å². The van der Waals surface area contributed by atoms with Crippen molar-refractivity contribution >= 4 is 11.8 Å². The average molecular weight is 318 g/mol. The Balaban J connectivity index is 1.76. The molecule has 0 unspecified atom stereocenters. The monoisotopic (exact) mass is 318 g/mol. The number of anilines is 2. The van der Waals surface area contributed by atoms with Gasteiger partial charge in [0.25, 0.3) is 0 Å². The maximum Gasteiger partial charge on any atom is 0.222 e. The van der Waals surface area contributed by atoms with E-state index in [1.807, 2.05) is 0 Å². The lowest BCUT2D eigenvalue weighted by Gasteiger charge is -2.27. The first-order valence-corrected chi connectivity index (χ1v) is 7.60. The molecule has 23 heavy (non-hydrogen) atoms. The number of benzene rings is 1. The van der Waals surface area contributed by atoms with Gasteiger partial charge in [-0.2, -0.15) is 4.98 Å². The highest BCUT2D eigenvalue weighted by Crippen LogP contribution is 2.30. The zero-order chi connectivity index (χ0) is 16.2. The van der Waals surface area contributed by atoms with Crippen LogP contribution in [0.2, 0.25) is 0 Å². The fourth-order valence-electron chi connectivity index (χ4n) is 2.61. The van der Waals surface area contributed by atoms with E-state index in [0.717, 1.165) is 25.7 Å². The van der Waals surface area contributed by atoms with Gasteiger partial charge in [-0.05, 0) is 49.9 Å². The van der Waals surface area contributed by atoms with E-state index in [9.17, 15) is 9.50 Å². The van der Waals surface area contributed by atoms with E-state index in [4.69, 9.17) is 10.5 Å². The largest absolute Gasteiger partial charge is 0.452 e. The van der Waals surface area contributed by atoms with Gasteiger partial charge in [-0.3, -0.25) is 0 Å². The lowest BCUT2D eigenvalue weighted by molar-refractivity contribution is 0.126. The second-order valence-electron chi connectivity index (χ2n) is 5.65. The molecule has 1 fully saturated rings. The molecule has 1 aliphatic rings. The van der Waals surface area contributed by atoms with E-state index >= 15 is 0 Å². The number of nitrogens with two attached hydrogens (primary N) is 1. The minimum atomic E-state index is -0.329. The predicted molar refractivity (Wildman–Crippen MR) is 84.8 cm³/mol. The van der Waals surface area contributed by atoms with Crippen molar-refractivity contribution in [1.82, 2.24) is 9.97 Å². The fraction of sp³-hybridized carbons (Fsp3) is 0.375. The van der Waals surface area contributed by atoms with Gasteiger partial charge in [0.2, 0.25) is 5.95 Å². The first kappa shape index (κ1) is 15.5. The molecule has 7 heteroatoms. The summed E-state index contributed by atoms with van der Waals surface area (Å²) in [5.41, 5.74) is 5.66. The number of halogens is 1. The van der Waals surface area contributed by atoms with Gasteiger partial charge in [0.15, 0.2) is 11.6 Å². The summed E-state index contributed by atoms with van der Waals surface area (Å²) in [6, 6.07) is 5.91. The molecule has 0 spiro atoms. The highest BCUT2D eigenvalue weighted by atomic mass is 19.1. The molecular formula is C16H19FN4O2. The molecule has 1 aromatic heterocycles. The molecule has 0 bridgehead atoms. The van der Waals surface area contributed by atoms with Gasteiger partial charge >= 0.3 is 0 Å². The van der Waals surface area contributed by atoms with Crippen molar-refractivity contribution in [2.45, 2.75) is 37.8 Å². The maximum atomic E-state index is 13.0. The van der Waals surface area contributed by atoms with Crippen LogP contribution in [0.5, 0.6) is 11.5 Å². The fourth-order valence-corrected chi connectivity index (χ4v) is 2.61. The second-order valence-corrected chi connectivity index (χ2v) is 5.65. The summed E-state index contributed by atoms with van der Waals surface area (Å²) in [6.45, 7) is 0. The Labute approximate surface area is 133 Å². The number of nitrogen functional groups attached to an aromatic ring is 1. The third kappa shape index (κ3) is 4.07. The number of nitrogens with one attached hydrogen (secondary N) is 1. The molecule has 0 amide bonds. The van der Waals surface area contributed by atoms with E-state index in [0.29, 0.717) is 17.3 Å². The summed E-state index contributed by atoms with van der Waals surface area (Å²) in [7, 11) is 0. The summed E-state index contributed by atoms with van der Waals surface area (Å²) in [5.74, 6) is 1.24. The van der Waals surface area contributed by atoms with Crippen molar-refractivity contribution in [3.8, 4) is 11.5 Å². The maximum absolute atomic E-state index is 13.0. The Bertz CT molecular complexity index is 658. The molecule has 6 nitrogen and oxygen atoms in total. The Morgan fingerprint density at radius 2 is 1.87 bits per heavy atom. The molecule has 1 aromatic carbocycles. The summed E-state index contributed by atoms with van der Waals surface area (Å²) in [5, 5.41) is 12.9. The first-order chi connectivity index (χ1) is 11.1. The van der Waals surface area contributed by atoms with Gasteiger partial charge in [-0.1, -0.05) is 0 Å². The van der Waals surface area contributed by atoms with E-state index in [2.05, 4.69) is 15.3 Å². The lowest BCUT2D eigenvalue weighted by Crippen LogP contribution is -2.28. The van der Waals surface area contributed by atoms with Crippen molar-refractivity contribution in [3.05, 3.63) is 36.3 Å². The van der Waals surface area contributed by atoms with Crippen molar-refractivity contribution in [1.29, 1.82) is 0 Å². The van der Waals surface area contributed by atoms with Crippen LogP contribution >= 0.6 is 0 Å². The normalized spacial score (nSPS) is 21.0. The Morgan fingerprint density at radius 3 is 2.57 bits per heavy atom. The van der Waals surface area contributed by atoms with Gasteiger partial charge < -0.3 is 20.9 Å². The average Bonchev–Trinajstić information content (AvgIpc) is 2.54. The molecule has 4 N–H and O–H groups in total. The van der Waals surface area contributed by atoms with Gasteiger partial charge in [0.1, 0.15) is 11.6 Å². The smallest absolute Gasteiger partial charge is 0.222 e. The SMILES string of the molecule is Nc1ncc(Oc2ccc(F)cc2)c(NC2CCC(O)CC2)n1. The van der Waals surface area contributed by atoms with Crippen LogP contribution in [0.1, 0.15) is 25.7 Å². The van der Waals surface area contributed by atoms with E-state index < -0.39 is 0 Å². The van der Waals surface area contributed by atoms with E-state index in [-0.39, 0.29) is 23.9 Å². The predicted octanol–water partition coefficient (Wildman–Crippen LogP) is 2.71. The quantitative estimate of drug-likeness (QED) is 0.802. The van der Waals surface area contributed by atoms with Crippen molar-refractivity contribution in [2.75, 3.05) is 11.1 Å². The third-order valence-electron chi connectivity index (χ3n) is 3.85. The highest BCUT2D eigenvalue weighted by molar-refractivity contribution is 5.53. The Morgan fingerprint density at radius 1 is 1.17 bits per heavy atom. The van der Waals surface area contributed by atoms with E-state index in [1.165, 1.54) is 30.5 Å². The minimum Gasteiger partial charge on any atom is -0.452 e. The summed E-state index contributed by atoms with van der Waals surface area (Å²) < 4.78 is 18.7. The van der Waals surface area contributed by atoms with Gasteiger partial charge in [0.05, 0.1) is 12.3 Å². The Hall–Kier alpha value is -2.41. The van der Waals surface area contributed by atoms with Crippen LogP contribution < -0.4 is 15.8 Å². The molecule has 0 aliphatic heterocycles. The molecule has 3 rings (SSSR count). The summed E-state index contributed by atoms with van der Waals surface area (Å²) >= 11 is 0. The number of hydrogen-bond donors (Lipinski definition) is 3. The topological polar surface area (TPSA) is 93.3 Å². The highest BCUT2D eigenvalue weighted by Gasteiger charge is 2.21. The molecule has 2 aromatic rings. The standard InChI is InChI=1S/C16H19FN4O2/c17-10-1-7-13(8-2-10)23-14-9-19-16(18)21-15(14)20-11-3-5-12(22)6-4-11/h1-2,7-9,11-12,22H,3-6H2,(H3,18,19,20,21). The van der Waals surface area contributed by atoms with Crippen molar-refractivity contribution in [3.63, 3.8) is 0 Å². The minimum absolute atomic E-state index is 0.148. The van der Waals surface area contributed by atoms with Crippen LogP contribution in [-0.4, -0.2) is 27.2 Å². The zero-order valence-electron chi connectivity index (χ0n) is 12.6. The number of aliphatic hydroxyl groups is 1. The van der Waals surface area contributed by atoms with Crippen LogP contribution in [0, 0.1) is 5.82 Å². The van der Waals surface area contributed by atoms with E-state index in [1.54, 1.807) is 0 Å². The number of rotatable bonds is 4. The van der Waals surface area contributed by atoms with Gasteiger partial charge in [-0.15, -0.1) is 0 Å². The molecule has 1 saturated carbocycles. The van der Waals surface area contributed by atoms with Crippen LogP contribution in [0.15, 0.2) is 30.5 Å². The summed E-state index contributed by atoms with van der Waals surface area (Å²) in [6.07, 6.45) is 4.48. The molecule has 0 radical (unpaired) electrons. The van der Waals surface area contributed by atoms with Crippen molar-refractivity contribution in [2.24, 2.45) is 0 Å². The third-order valence-corrected chi connectivity index (χ3v) is 3.85. The first-order valence-electron chi connectivity index (χ1n) is 7.60. The van der Waals surface area contributed by atoms with Crippen LogP contribution in [0.3, 0.4) is 0 Å². The molecule has 122 valence electrons. The lowest BCUT2D eigenvalue weighted by atomic mass is 9.93. The van der Waals surface area contributed by atoms with Gasteiger partial charge in [0, 0.05) is 6.04 Å². The molecule has 1 aliphatic carbocycles. The molecule has 1 heterocycles. The van der Waals surface area contributed by atoms with Crippen LogP contribution in [0.4, 0.5) is 16.2 Å². The molecule has 0 saturated heterocycles. The van der Waals surface area contributed by atoms with Crippen LogP contribution in [0.25, 0.3) is 0 Å². The second kappa shape index (κ2) is 6.78.